The monoisotopic (exact) mass is 471 g/mol. The van der Waals surface area contributed by atoms with Gasteiger partial charge < -0.3 is 20.5 Å². The van der Waals surface area contributed by atoms with Crippen molar-refractivity contribution in [3.63, 3.8) is 0 Å². The summed E-state index contributed by atoms with van der Waals surface area (Å²) >= 11 is 7.24. The molecule has 0 radical (unpaired) electrons. The lowest BCUT2D eigenvalue weighted by Gasteiger charge is -2.27. The van der Waals surface area contributed by atoms with Gasteiger partial charge in [-0.3, -0.25) is 13.6 Å². The van der Waals surface area contributed by atoms with Crippen LogP contribution in [0.4, 0.5) is 5.82 Å². The molecular formula is C16H15ClN5O6PS. The third-order valence-electron chi connectivity index (χ3n) is 4.72. The Bertz CT molecular complexity index is 1160. The van der Waals surface area contributed by atoms with E-state index < -0.39 is 32.4 Å². The zero-order chi connectivity index (χ0) is 21.0. The Kier molecular flexibility index (Phi) is 4.99. The Hall–Kier alpha value is -1.76. The van der Waals surface area contributed by atoms with Gasteiger partial charge in [0.2, 0.25) is 0 Å². The molecule has 1 aromatic carbocycles. The minimum atomic E-state index is -4.25. The number of nitrogens with zero attached hydrogens (tertiary/aromatic N) is 4. The van der Waals surface area contributed by atoms with Crippen molar-refractivity contribution in [1.82, 2.24) is 19.5 Å². The first-order chi connectivity index (χ1) is 14.3. The highest BCUT2D eigenvalue weighted by molar-refractivity contribution is 7.99. The van der Waals surface area contributed by atoms with E-state index in [0.29, 0.717) is 21.3 Å². The molecule has 4 heterocycles. The van der Waals surface area contributed by atoms with Crippen LogP contribution in [0.3, 0.4) is 0 Å². The topological polar surface area (TPSA) is 155 Å². The molecule has 2 aliphatic rings. The summed E-state index contributed by atoms with van der Waals surface area (Å²) in [6.07, 6.45) is -2.80. The predicted molar refractivity (Wildman–Crippen MR) is 106 cm³/mol. The molecule has 0 saturated carbocycles. The molecule has 3 aromatic rings. The quantitative estimate of drug-likeness (QED) is 0.480. The highest BCUT2D eigenvalue weighted by atomic mass is 35.5. The lowest BCUT2D eigenvalue weighted by molar-refractivity contribution is -0.0684. The molecule has 2 saturated heterocycles. The Labute approximate surface area is 178 Å². The molecule has 11 nitrogen and oxygen atoms in total. The normalized spacial score (nSPS) is 31.2. The Morgan fingerprint density at radius 1 is 1.30 bits per heavy atom. The molecular weight excluding hydrogens is 457 g/mol. The van der Waals surface area contributed by atoms with E-state index >= 15 is 0 Å². The maximum Gasteiger partial charge on any atom is 0.472 e. The Morgan fingerprint density at radius 3 is 2.83 bits per heavy atom. The fourth-order valence-electron chi connectivity index (χ4n) is 3.36. The molecule has 2 aromatic heterocycles. The second kappa shape index (κ2) is 7.43. The number of aliphatic hydroxyl groups is 1. The number of phosphoric ester groups is 1. The van der Waals surface area contributed by atoms with Crippen molar-refractivity contribution < 1.29 is 28.3 Å². The first-order valence-corrected chi connectivity index (χ1v) is 11.4. The lowest BCUT2D eigenvalue weighted by atomic mass is 10.1. The fraction of sp³-hybridized carbons (Fsp3) is 0.312. The first-order valence-electron chi connectivity index (χ1n) is 8.73. The van der Waals surface area contributed by atoms with Crippen LogP contribution in [0.5, 0.6) is 0 Å². The molecule has 5 atom stereocenters. The highest BCUT2D eigenvalue weighted by Crippen LogP contribution is 2.53. The van der Waals surface area contributed by atoms with Crippen LogP contribution in [-0.2, 0) is 18.3 Å². The van der Waals surface area contributed by atoms with E-state index in [9.17, 15) is 14.6 Å². The number of imidazole rings is 1. The molecule has 1 unspecified atom stereocenters. The van der Waals surface area contributed by atoms with E-state index in [0.717, 1.165) is 4.90 Å². The van der Waals surface area contributed by atoms with Crippen LogP contribution < -0.4 is 5.73 Å². The molecule has 0 bridgehead atoms. The van der Waals surface area contributed by atoms with Crippen molar-refractivity contribution >= 4 is 48.2 Å². The number of phosphoric acid groups is 1. The number of hydrogen-bond donors (Lipinski definition) is 3. The van der Waals surface area contributed by atoms with Gasteiger partial charge in [0, 0.05) is 9.92 Å². The maximum atomic E-state index is 11.8. The van der Waals surface area contributed by atoms with Crippen molar-refractivity contribution in [3.05, 3.63) is 35.6 Å². The number of aromatic nitrogens is 4. The number of fused-ring (bicyclic) bond motifs is 2. The number of benzene rings is 1. The van der Waals surface area contributed by atoms with E-state index in [4.69, 9.17) is 31.1 Å². The second-order valence-corrected chi connectivity index (χ2v) is 9.52. The van der Waals surface area contributed by atoms with Crippen molar-refractivity contribution in [2.45, 2.75) is 34.6 Å². The third-order valence-corrected chi connectivity index (χ3v) is 6.93. The number of anilines is 1. The Balaban J connectivity index is 1.58. The number of aliphatic hydroxyl groups excluding tert-OH is 1. The minimum Gasteiger partial charge on any atom is -0.386 e. The van der Waals surface area contributed by atoms with Crippen molar-refractivity contribution in [2.24, 2.45) is 0 Å². The van der Waals surface area contributed by atoms with Crippen molar-refractivity contribution in [3.8, 4) is 0 Å². The van der Waals surface area contributed by atoms with E-state index in [2.05, 4.69) is 15.0 Å². The van der Waals surface area contributed by atoms with Gasteiger partial charge in [0.05, 0.1) is 6.61 Å². The van der Waals surface area contributed by atoms with Gasteiger partial charge in [-0.05, 0) is 24.3 Å². The SMILES string of the molecule is Nc1ncnc2c1nc(Sc1ccc(Cl)cc1)n2[C@H]1O[C@@H]2COP(=O)(O)O[C@H]2[C@@H]1O. The summed E-state index contributed by atoms with van der Waals surface area (Å²) in [4.78, 5) is 23.2. The van der Waals surface area contributed by atoms with E-state index in [1.54, 1.807) is 16.7 Å². The first kappa shape index (κ1) is 20.2. The highest BCUT2D eigenvalue weighted by Gasteiger charge is 2.53. The van der Waals surface area contributed by atoms with Gasteiger partial charge in [0.1, 0.15) is 24.6 Å². The Morgan fingerprint density at radius 2 is 2.07 bits per heavy atom. The maximum absolute atomic E-state index is 11.8. The molecule has 14 heteroatoms. The minimum absolute atomic E-state index is 0.168. The summed E-state index contributed by atoms with van der Waals surface area (Å²) < 4.78 is 29.1. The van der Waals surface area contributed by atoms with Crippen molar-refractivity contribution in [1.29, 1.82) is 0 Å². The van der Waals surface area contributed by atoms with Gasteiger partial charge in [0.25, 0.3) is 0 Å². The van der Waals surface area contributed by atoms with Gasteiger partial charge in [0.15, 0.2) is 28.4 Å². The molecule has 2 aliphatic heterocycles. The van der Waals surface area contributed by atoms with Crippen LogP contribution in [0.1, 0.15) is 6.23 Å². The summed E-state index contributed by atoms with van der Waals surface area (Å²) in [5.41, 5.74) is 6.65. The van der Waals surface area contributed by atoms with E-state index in [-0.39, 0.29) is 12.4 Å². The second-order valence-electron chi connectivity index (χ2n) is 6.64. The predicted octanol–water partition coefficient (Wildman–Crippen LogP) is 1.99. The number of nitrogen functional groups attached to an aromatic ring is 1. The number of rotatable bonds is 3. The fourth-order valence-corrected chi connectivity index (χ4v) is 5.36. The number of nitrogens with two attached hydrogens (primary N) is 1. The smallest absolute Gasteiger partial charge is 0.386 e. The van der Waals surface area contributed by atoms with Crippen LogP contribution in [0, 0.1) is 0 Å². The van der Waals surface area contributed by atoms with Crippen molar-refractivity contribution in [2.75, 3.05) is 12.3 Å². The molecule has 0 aliphatic carbocycles. The molecule has 0 amide bonds. The van der Waals surface area contributed by atoms with Crippen LogP contribution >= 0.6 is 31.2 Å². The summed E-state index contributed by atoms with van der Waals surface area (Å²) in [7, 11) is -4.25. The third kappa shape index (κ3) is 3.49. The number of hydrogen-bond acceptors (Lipinski definition) is 10. The van der Waals surface area contributed by atoms with E-state index in [1.165, 1.54) is 18.1 Å². The summed E-state index contributed by atoms with van der Waals surface area (Å²) in [6.45, 7) is -0.199. The van der Waals surface area contributed by atoms with E-state index in [1.807, 2.05) is 12.1 Å². The molecule has 0 spiro atoms. The standard InChI is InChI=1S/C16H15ClN5O6PS/c17-7-1-3-8(4-2-7)30-16-21-10-13(18)19-6-20-14(10)22(16)15-11(23)12-9(27-15)5-26-29(24,25)28-12/h1-4,6,9,11-12,15,23H,5H2,(H,24,25)(H2,18,19,20)/t9-,11+,12-,15+/m1/s1. The van der Waals surface area contributed by atoms with Gasteiger partial charge in [-0.25, -0.2) is 19.5 Å². The van der Waals surface area contributed by atoms with Crippen LogP contribution in [0.25, 0.3) is 11.2 Å². The van der Waals surface area contributed by atoms with Gasteiger partial charge in [-0.1, -0.05) is 23.4 Å². The summed E-state index contributed by atoms with van der Waals surface area (Å²) in [5, 5.41) is 11.9. The zero-order valence-corrected chi connectivity index (χ0v) is 17.5. The average molecular weight is 472 g/mol. The zero-order valence-electron chi connectivity index (χ0n) is 15.0. The molecule has 5 rings (SSSR count). The molecule has 4 N–H and O–H groups in total. The lowest BCUT2D eigenvalue weighted by Crippen LogP contribution is -2.39. The average Bonchev–Trinajstić information content (AvgIpc) is 3.21. The summed E-state index contributed by atoms with van der Waals surface area (Å²) in [5.74, 6) is 0.168. The van der Waals surface area contributed by atoms with Crippen LogP contribution in [0.2, 0.25) is 5.02 Å². The molecule has 2 fully saturated rings. The molecule has 158 valence electrons. The van der Waals surface area contributed by atoms with Crippen LogP contribution in [-0.4, -0.2) is 54.4 Å². The van der Waals surface area contributed by atoms with Gasteiger partial charge in [-0.2, -0.15) is 0 Å². The van der Waals surface area contributed by atoms with Gasteiger partial charge >= 0.3 is 7.82 Å². The number of ether oxygens (including phenoxy) is 1. The van der Waals surface area contributed by atoms with Gasteiger partial charge in [-0.15, -0.1) is 0 Å². The summed E-state index contributed by atoms with van der Waals surface area (Å²) in [6, 6.07) is 7.11. The molecule has 30 heavy (non-hydrogen) atoms. The largest absolute Gasteiger partial charge is 0.472 e. The number of halogens is 1. The van der Waals surface area contributed by atoms with Crippen LogP contribution in [0.15, 0.2) is 40.6 Å².